The van der Waals surface area contributed by atoms with Gasteiger partial charge in [0, 0.05) is 12.2 Å². The van der Waals surface area contributed by atoms with Gasteiger partial charge in [-0.05, 0) is 47.7 Å². The van der Waals surface area contributed by atoms with E-state index in [0.717, 1.165) is 18.6 Å². The van der Waals surface area contributed by atoms with Gasteiger partial charge in [0.25, 0.3) is 0 Å². The average molecular weight is 306 g/mol. The van der Waals surface area contributed by atoms with Crippen LogP contribution in [-0.4, -0.2) is 32.9 Å². The van der Waals surface area contributed by atoms with E-state index in [4.69, 9.17) is 22.1 Å². The number of halogens is 1. The number of anilines is 1. The summed E-state index contributed by atoms with van der Waals surface area (Å²) in [4.78, 5) is 0. The minimum Gasteiger partial charge on any atom is -0.398 e. The van der Waals surface area contributed by atoms with Crippen LogP contribution in [0.25, 0.3) is 11.4 Å². The van der Waals surface area contributed by atoms with Crippen LogP contribution in [0.4, 0.5) is 5.69 Å². The Hall–Kier alpha value is -1.66. The van der Waals surface area contributed by atoms with Crippen LogP contribution in [0.5, 0.6) is 0 Å². The Morgan fingerprint density at radius 3 is 2.95 bits per heavy atom. The first-order valence-electron chi connectivity index (χ1n) is 7.19. The van der Waals surface area contributed by atoms with Gasteiger partial charge in [0.2, 0.25) is 0 Å². The standard InChI is InChI=1S/C14H16ClN5O/c15-12-9(2-1-3-10(12)16)14-17-18-19-20(14)11-6-7-21-13(11)8-4-5-8/h1-3,8,11,13H,4-7,16H2. The molecule has 1 aromatic heterocycles. The summed E-state index contributed by atoms with van der Waals surface area (Å²) in [6, 6.07) is 5.70. The van der Waals surface area contributed by atoms with Crippen LogP contribution in [-0.2, 0) is 4.74 Å². The molecular formula is C14H16ClN5O. The van der Waals surface area contributed by atoms with E-state index in [2.05, 4.69) is 15.5 Å². The van der Waals surface area contributed by atoms with Crippen molar-refractivity contribution in [2.75, 3.05) is 12.3 Å². The lowest BCUT2D eigenvalue weighted by atomic mass is 10.1. The number of rotatable bonds is 3. The zero-order valence-corrected chi connectivity index (χ0v) is 12.2. The van der Waals surface area contributed by atoms with E-state index in [1.807, 2.05) is 16.8 Å². The smallest absolute Gasteiger partial charge is 0.183 e. The predicted molar refractivity (Wildman–Crippen MR) is 78.8 cm³/mol. The number of hydrogen-bond donors (Lipinski definition) is 1. The molecule has 2 aliphatic rings. The maximum absolute atomic E-state index is 6.31. The fourth-order valence-electron chi connectivity index (χ4n) is 3.05. The molecule has 1 aliphatic carbocycles. The Morgan fingerprint density at radius 2 is 2.14 bits per heavy atom. The van der Waals surface area contributed by atoms with Gasteiger partial charge in [0.05, 0.1) is 22.9 Å². The van der Waals surface area contributed by atoms with Crippen molar-refractivity contribution < 1.29 is 4.74 Å². The number of tetrazole rings is 1. The summed E-state index contributed by atoms with van der Waals surface area (Å²) in [6.07, 6.45) is 3.61. The molecule has 1 saturated heterocycles. The average Bonchev–Trinajstić information content (AvgIpc) is 3.02. The first-order valence-corrected chi connectivity index (χ1v) is 7.57. The van der Waals surface area contributed by atoms with Crippen LogP contribution in [0.15, 0.2) is 18.2 Å². The molecule has 110 valence electrons. The summed E-state index contributed by atoms with van der Waals surface area (Å²) >= 11 is 6.31. The summed E-state index contributed by atoms with van der Waals surface area (Å²) in [7, 11) is 0. The fourth-order valence-corrected chi connectivity index (χ4v) is 3.26. The fraction of sp³-hybridized carbons (Fsp3) is 0.500. The van der Waals surface area contributed by atoms with Crippen LogP contribution >= 0.6 is 11.6 Å². The summed E-state index contributed by atoms with van der Waals surface area (Å²) < 4.78 is 7.74. The number of nitrogen functional groups attached to an aromatic ring is 1. The van der Waals surface area contributed by atoms with Crippen molar-refractivity contribution >= 4 is 17.3 Å². The second-order valence-electron chi connectivity index (χ2n) is 5.68. The van der Waals surface area contributed by atoms with E-state index in [1.54, 1.807) is 6.07 Å². The molecule has 0 amide bonds. The molecule has 4 rings (SSSR count). The lowest BCUT2D eigenvalue weighted by Crippen LogP contribution is -2.24. The second-order valence-corrected chi connectivity index (χ2v) is 6.06. The molecule has 0 bridgehead atoms. The molecule has 2 heterocycles. The third-order valence-electron chi connectivity index (χ3n) is 4.27. The minimum absolute atomic E-state index is 0.181. The molecule has 0 radical (unpaired) electrons. The molecule has 2 atom stereocenters. The van der Waals surface area contributed by atoms with Gasteiger partial charge in [-0.2, -0.15) is 0 Å². The van der Waals surface area contributed by atoms with Crippen molar-refractivity contribution in [2.45, 2.75) is 31.4 Å². The van der Waals surface area contributed by atoms with E-state index in [0.29, 0.717) is 22.5 Å². The Kier molecular flexibility index (Phi) is 3.08. The quantitative estimate of drug-likeness (QED) is 0.880. The molecule has 0 spiro atoms. The van der Waals surface area contributed by atoms with Crippen molar-refractivity contribution in [3.8, 4) is 11.4 Å². The van der Waals surface area contributed by atoms with Crippen molar-refractivity contribution in [1.29, 1.82) is 0 Å². The zero-order chi connectivity index (χ0) is 14.4. The topological polar surface area (TPSA) is 78.9 Å². The normalized spacial score (nSPS) is 25.4. The number of ether oxygens (including phenoxy) is 1. The van der Waals surface area contributed by atoms with Gasteiger partial charge in [-0.3, -0.25) is 0 Å². The van der Waals surface area contributed by atoms with E-state index in [9.17, 15) is 0 Å². The molecule has 2 aromatic rings. The van der Waals surface area contributed by atoms with Crippen LogP contribution in [0.1, 0.15) is 25.3 Å². The van der Waals surface area contributed by atoms with Gasteiger partial charge in [0.15, 0.2) is 5.82 Å². The monoisotopic (exact) mass is 305 g/mol. The molecule has 2 fully saturated rings. The van der Waals surface area contributed by atoms with Crippen molar-refractivity contribution in [1.82, 2.24) is 20.2 Å². The van der Waals surface area contributed by atoms with E-state index in [1.165, 1.54) is 12.8 Å². The largest absolute Gasteiger partial charge is 0.398 e. The van der Waals surface area contributed by atoms with Gasteiger partial charge < -0.3 is 10.5 Å². The maximum atomic E-state index is 6.31. The lowest BCUT2D eigenvalue weighted by Gasteiger charge is -2.19. The Labute approximate surface area is 127 Å². The third kappa shape index (κ3) is 2.18. The van der Waals surface area contributed by atoms with Crippen LogP contribution < -0.4 is 5.73 Å². The van der Waals surface area contributed by atoms with E-state index >= 15 is 0 Å². The first-order chi connectivity index (χ1) is 10.3. The summed E-state index contributed by atoms with van der Waals surface area (Å²) in [6.45, 7) is 0.760. The van der Waals surface area contributed by atoms with E-state index in [-0.39, 0.29) is 12.1 Å². The Bertz CT molecular complexity index is 669. The molecule has 2 unspecified atom stereocenters. The molecule has 2 N–H and O–H groups in total. The lowest BCUT2D eigenvalue weighted by molar-refractivity contribution is 0.0725. The zero-order valence-electron chi connectivity index (χ0n) is 11.4. The first kappa shape index (κ1) is 13.0. The number of nitrogens with zero attached hydrogens (tertiary/aromatic N) is 4. The third-order valence-corrected chi connectivity index (χ3v) is 4.69. The molecule has 1 aliphatic heterocycles. The van der Waals surface area contributed by atoms with Crippen LogP contribution in [0, 0.1) is 5.92 Å². The maximum Gasteiger partial charge on any atom is 0.183 e. The van der Waals surface area contributed by atoms with Gasteiger partial charge in [-0.15, -0.1) is 5.10 Å². The Balaban J connectivity index is 1.75. The molecule has 1 aromatic carbocycles. The summed E-state index contributed by atoms with van der Waals surface area (Å²) in [5, 5.41) is 12.7. The SMILES string of the molecule is Nc1cccc(-c2nnnn2C2CCOC2C2CC2)c1Cl. The van der Waals surface area contributed by atoms with Gasteiger partial charge in [-0.25, -0.2) is 4.68 Å². The summed E-state index contributed by atoms with van der Waals surface area (Å²) in [5.41, 5.74) is 7.18. The molecular weight excluding hydrogens is 290 g/mol. The van der Waals surface area contributed by atoms with Gasteiger partial charge in [-0.1, -0.05) is 17.7 Å². The Morgan fingerprint density at radius 1 is 1.29 bits per heavy atom. The van der Waals surface area contributed by atoms with Crippen molar-refractivity contribution in [3.05, 3.63) is 23.2 Å². The van der Waals surface area contributed by atoms with Gasteiger partial charge in [0.1, 0.15) is 0 Å². The molecule has 1 saturated carbocycles. The highest BCUT2D eigenvalue weighted by molar-refractivity contribution is 6.35. The molecule has 7 heteroatoms. The van der Waals surface area contributed by atoms with E-state index < -0.39 is 0 Å². The highest BCUT2D eigenvalue weighted by Crippen LogP contribution is 2.44. The van der Waals surface area contributed by atoms with Crippen molar-refractivity contribution in [3.63, 3.8) is 0 Å². The molecule has 21 heavy (non-hydrogen) atoms. The van der Waals surface area contributed by atoms with Gasteiger partial charge >= 0.3 is 0 Å². The molecule has 6 nitrogen and oxygen atoms in total. The number of hydrogen-bond acceptors (Lipinski definition) is 5. The number of nitrogens with two attached hydrogens (primary N) is 1. The second kappa shape index (κ2) is 4.96. The van der Waals surface area contributed by atoms with Crippen LogP contribution in [0.2, 0.25) is 5.02 Å². The predicted octanol–water partition coefficient (Wildman–Crippen LogP) is 2.32. The van der Waals surface area contributed by atoms with Crippen molar-refractivity contribution in [2.24, 2.45) is 5.92 Å². The number of aromatic nitrogens is 4. The highest BCUT2D eigenvalue weighted by atomic mass is 35.5. The number of benzene rings is 1. The summed E-state index contributed by atoms with van der Waals surface area (Å²) in [5.74, 6) is 1.30. The van der Waals surface area contributed by atoms with Crippen LogP contribution in [0.3, 0.4) is 0 Å². The minimum atomic E-state index is 0.181. The highest BCUT2D eigenvalue weighted by Gasteiger charge is 2.43.